The first kappa shape index (κ1) is 19.6. The zero-order valence-corrected chi connectivity index (χ0v) is 16.1. The topological polar surface area (TPSA) is 97.6 Å². The molecule has 0 aliphatic carbocycles. The Morgan fingerprint density at radius 3 is 2.61 bits per heavy atom. The van der Waals surface area contributed by atoms with Crippen LogP contribution in [0.2, 0.25) is 0 Å². The molecule has 1 aliphatic rings. The lowest BCUT2D eigenvalue weighted by Gasteiger charge is -2.31. The summed E-state index contributed by atoms with van der Waals surface area (Å²) in [6.45, 7) is 3.38. The minimum Gasteiger partial charge on any atom is -0.497 e. The highest BCUT2D eigenvalue weighted by atomic mass is 16.6. The van der Waals surface area contributed by atoms with Gasteiger partial charge < -0.3 is 15.0 Å². The lowest BCUT2D eigenvalue weighted by Crippen LogP contribution is -2.40. The summed E-state index contributed by atoms with van der Waals surface area (Å²) >= 11 is 0. The fraction of sp³-hybridized carbons (Fsp3) is 0.400. The fourth-order valence-corrected chi connectivity index (χ4v) is 3.35. The molecular formula is C20H24N4O4. The number of nitro groups is 1. The van der Waals surface area contributed by atoms with E-state index >= 15 is 0 Å². The van der Waals surface area contributed by atoms with Gasteiger partial charge in [0.05, 0.1) is 12.0 Å². The lowest BCUT2D eigenvalue weighted by atomic mass is 9.95. The smallest absolute Gasteiger partial charge is 0.311 e. The third-order valence-electron chi connectivity index (χ3n) is 4.97. The molecule has 28 heavy (non-hydrogen) atoms. The molecule has 1 amide bonds. The van der Waals surface area contributed by atoms with Gasteiger partial charge in [-0.15, -0.1) is 0 Å². The van der Waals surface area contributed by atoms with Crippen LogP contribution in [-0.4, -0.2) is 36.0 Å². The Morgan fingerprint density at radius 2 is 2.00 bits per heavy atom. The third-order valence-corrected chi connectivity index (χ3v) is 4.97. The van der Waals surface area contributed by atoms with Crippen molar-refractivity contribution in [1.82, 2.24) is 10.3 Å². The van der Waals surface area contributed by atoms with Crippen LogP contribution in [0.4, 0.5) is 11.5 Å². The summed E-state index contributed by atoms with van der Waals surface area (Å²) in [7, 11) is 1.61. The van der Waals surface area contributed by atoms with E-state index in [1.54, 1.807) is 20.2 Å². The van der Waals surface area contributed by atoms with Crippen LogP contribution in [0.1, 0.15) is 24.0 Å². The average molecular weight is 384 g/mol. The molecule has 2 heterocycles. The van der Waals surface area contributed by atoms with Crippen LogP contribution in [0.3, 0.4) is 0 Å². The minimum atomic E-state index is -0.400. The number of pyridine rings is 1. The van der Waals surface area contributed by atoms with Gasteiger partial charge >= 0.3 is 5.69 Å². The summed E-state index contributed by atoms with van der Waals surface area (Å²) in [6.07, 6.45) is 2.91. The summed E-state index contributed by atoms with van der Waals surface area (Å²) in [5, 5.41) is 14.3. The van der Waals surface area contributed by atoms with E-state index in [9.17, 15) is 14.9 Å². The molecular weight excluding hydrogens is 360 g/mol. The molecule has 0 atom stereocenters. The highest BCUT2D eigenvalue weighted by Gasteiger charge is 2.29. The standard InChI is InChI=1S/C20H24N4O4/c1-14-11-18(24(26)27)19(21-12-14)23-9-7-16(8-10-23)20(25)22-13-15-3-5-17(28-2)6-4-15/h3-6,11-12,16H,7-10,13H2,1-2H3,(H,22,25). The van der Waals surface area contributed by atoms with Crippen LogP contribution in [0.5, 0.6) is 5.75 Å². The van der Waals surface area contributed by atoms with E-state index in [1.165, 1.54) is 6.07 Å². The largest absolute Gasteiger partial charge is 0.497 e. The molecule has 8 nitrogen and oxygen atoms in total. The number of rotatable bonds is 6. The first-order valence-electron chi connectivity index (χ1n) is 9.24. The summed E-state index contributed by atoms with van der Waals surface area (Å²) in [5.74, 6) is 1.08. The SMILES string of the molecule is COc1ccc(CNC(=O)C2CCN(c3ncc(C)cc3[N+](=O)[O-])CC2)cc1. The van der Waals surface area contributed by atoms with Gasteiger partial charge in [0.15, 0.2) is 0 Å². The number of ether oxygens (including phenoxy) is 1. The van der Waals surface area contributed by atoms with Crippen LogP contribution in [0, 0.1) is 23.0 Å². The number of hydrogen-bond acceptors (Lipinski definition) is 6. The zero-order valence-electron chi connectivity index (χ0n) is 16.1. The molecule has 8 heteroatoms. The second-order valence-corrected chi connectivity index (χ2v) is 6.94. The van der Waals surface area contributed by atoms with E-state index in [2.05, 4.69) is 10.3 Å². The zero-order chi connectivity index (χ0) is 20.1. The summed E-state index contributed by atoms with van der Waals surface area (Å²) in [6, 6.07) is 9.10. The Hall–Kier alpha value is -3.16. The molecule has 0 unspecified atom stereocenters. The van der Waals surface area contributed by atoms with E-state index in [0.717, 1.165) is 16.9 Å². The van der Waals surface area contributed by atoms with E-state index in [-0.39, 0.29) is 17.5 Å². The molecule has 0 radical (unpaired) electrons. The highest BCUT2D eigenvalue weighted by molar-refractivity contribution is 5.79. The maximum Gasteiger partial charge on any atom is 0.311 e. The van der Waals surface area contributed by atoms with E-state index < -0.39 is 4.92 Å². The molecule has 1 aliphatic heterocycles. The number of aryl methyl sites for hydroxylation is 1. The van der Waals surface area contributed by atoms with Gasteiger partial charge in [-0.25, -0.2) is 4.98 Å². The van der Waals surface area contributed by atoms with Gasteiger partial charge in [0.25, 0.3) is 0 Å². The van der Waals surface area contributed by atoms with Crippen LogP contribution in [-0.2, 0) is 11.3 Å². The van der Waals surface area contributed by atoms with Crippen molar-refractivity contribution in [2.75, 3.05) is 25.1 Å². The Morgan fingerprint density at radius 1 is 1.32 bits per heavy atom. The van der Waals surface area contributed by atoms with Crippen molar-refractivity contribution < 1.29 is 14.5 Å². The number of nitrogens with zero attached hydrogens (tertiary/aromatic N) is 3. The van der Waals surface area contributed by atoms with Gasteiger partial charge in [0, 0.05) is 37.8 Å². The number of carbonyl (C=O) groups is 1. The van der Waals surface area contributed by atoms with Gasteiger partial charge in [-0.05, 0) is 43.0 Å². The fourth-order valence-electron chi connectivity index (χ4n) is 3.35. The maximum atomic E-state index is 12.5. The third kappa shape index (κ3) is 4.57. The number of nitrogens with one attached hydrogen (secondary N) is 1. The van der Waals surface area contributed by atoms with E-state index in [4.69, 9.17) is 4.74 Å². The molecule has 0 saturated carbocycles. The first-order chi connectivity index (χ1) is 13.5. The summed E-state index contributed by atoms with van der Waals surface area (Å²) < 4.78 is 5.13. The quantitative estimate of drug-likeness (QED) is 0.607. The lowest BCUT2D eigenvalue weighted by molar-refractivity contribution is -0.384. The number of carbonyl (C=O) groups excluding carboxylic acids is 1. The average Bonchev–Trinajstić information content (AvgIpc) is 2.72. The molecule has 1 N–H and O–H groups in total. The normalized spacial score (nSPS) is 14.6. The molecule has 1 saturated heterocycles. The number of anilines is 1. The molecule has 148 valence electrons. The number of methoxy groups -OCH3 is 1. The Bertz CT molecular complexity index is 846. The predicted molar refractivity (Wildman–Crippen MR) is 105 cm³/mol. The monoisotopic (exact) mass is 384 g/mol. The van der Waals surface area contributed by atoms with Gasteiger partial charge in [-0.3, -0.25) is 14.9 Å². The van der Waals surface area contributed by atoms with E-state index in [0.29, 0.717) is 38.3 Å². The first-order valence-corrected chi connectivity index (χ1v) is 9.24. The second kappa shape index (κ2) is 8.69. The maximum absolute atomic E-state index is 12.5. The Kier molecular flexibility index (Phi) is 6.08. The van der Waals surface area contributed by atoms with Gasteiger partial charge in [0.1, 0.15) is 5.75 Å². The molecule has 3 rings (SSSR count). The van der Waals surface area contributed by atoms with Gasteiger partial charge in [-0.1, -0.05) is 12.1 Å². The Labute approximate surface area is 163 Å². The van der Waals surface area contributed by atoms with Crippen molar-refractivity contribution in [3.8, 4) is 5.75 Å². The highest BCUT2D eigenvalue weighted by Crippen LogP contribution is 2.30. The van der Waals surface area contributed by atoms with Crippen LogP contribution >= 0.6 is 0 Å². The number of benzene rings is 1. The molecule has 2 aromatic rings. The predicted octanol–water partition coefficient (Wildman–Crippen LogP) is 2.84. The molecule has 1 fully saturated rings. The minimum absolute atomic E-state index is 0.0156. The molecule has 1 aromatic carbocycles. The van der Waals surface area contributed by atoms with Crippen molar-refractivity contribution in [3.63, 3.8) is 0 Å². The molecule has 0 bridgehead atoms. The van der Waals surface area contributed by atoms with Crippen LogP contribution < -0.4 is 15.0 Å². The van der Waals surface area contributed by atoms with Crippen molar-refractivity contribution >= 4 is 17.4 Å². The van der Waals surface area contributed by atoms with E-state index in [1.807, 2.05) is 29.2 Å². The summed E-state index contributed by atoms with van der Waals surface area (Å²) in [4.78, 5) is 29.5. The molecule has 0 spiro atoms. The van der Waals surface area contributed by atoms with Crippen molar-refractivity contribution in [3.05, 3.63) is 57.8 Å². The van der Waals surface area contributed by atoms with Crippen molar-refractivity contribution in [2.24, 2.45) is 5.92 Å². The number of hydrogen-bond donors (Lipinski definition) is 1. The van der Waals surface area contributed by atoms with Crippen LogP contribution in [0.15, 0.2) is 36.5 Å². The van der Waals surface area contributed by atoms with Gasteiger partial charge in [0.2, 0.25) is 11.7 Å². The molecule has 1 aromatic heterocycles. The second-order valence-electron chi connectivity index (χ2n) is 6.94. The van der Waals surface area contributed by atoms with Crippen molar-refractivity contribution in [1.29, 1.82) is 0 Å². The number of amides is 1. The number of piperidine rings is 1. The van der Waals surface area contributed by atoms with Crippen LogP contribution in [0.25, 0.3) is 0 Å². The Balaban J connectivity index is 1.55. The van der Waals surface area contributed by atoms with Crippen molar-refractivity contribution in [2.45, 2.75) is 26.3 Å². The summed E-state index contributed by atoms with van der Waals surface area (Å²) in [5.41, 5.74) is 1.77. The number of aromatic nitrogens is 1. The van der Waals surface area contributed by atoms with Gasteiger partial charge in [-0.2, -0.15) is 0 Å².